The van der Waals surface area contributed by atoms with E-state index in [2.05, 4.69) is 26.4 Å². The number of benzene rings is 1. The Hall–Kier alpha value is -1.81. The smallest absolute Gasteiger partial charge is 0.191 e. The molecule has 0 unspecified atom stereocenters. The van der Waals surface area contributed by atoms with Crippen molar-refractivity contribution in [2.45, 2.75) is 6.54 Å². The topological polar surface area (TPSA) is 67.0 Å². The third-order valence-electron chi connectivity index (χ3n) is 4.03. The number of aliphatic imine (C=N–C) groups is 1. The molecule has 1 saturated heterocycles. The molecule has 0 bridgehead atoms. The Morgan fingerprint density at radius 3 is 2.77 bits per heavy atom. The van der Waals surface area contributed by atoms with Crippen LogP contribution in [0.15, 0.2) is 53.5 Å². The SMILES string of the molecule is C=CCOc1ccccc1CN=C(N)N1CCN(c2nccs2)CC1.I. The van der Waals surface area contributed by atoms with E-state index in [0.29, 0.717) is 19.1 Å². The van der Waals surface area contributed by atoms with Gasteiger partial charge in [-0.2, -0.15) is 0 Å². The lowest BCUT2D eigenvalue weighted by atomic mass is 10.2. The van der Waals surface area contributed by atoms with E-state index in [9.17, 15) is 0 Å². The molecule has 0 spiro atoms. The van der Waals surface area contributed by atoms with Crippen LogP contribution < -0.4 is 15.4 Å². The Morgan fingerprint density at radius 2 is 2.08 bits per heavy atom. The van der Waals surface area contributed by atoms with Crippen LogP contribution in [0.25, 0.3) is 0 Å². The van der Waals surface area contributed by atoms with Crippen LogP contribution in [0, 0.1) is 0 Å². The maximum Gasteiger partial charge on any atom is 0.191 e. The largest absolute Gasteiger partial charge is 0.489 e. The van der Waals surface area contributed by atoms with Crippen LogP contribution in [0.4, 0.5) is 5.13 Å². The second-order valence-electron chi connectivity index (χ2n) is 5.67. The van der Waals surface area contributed by atoms with Gasteiger partial charge in [0.15, 0.2) is 11.1 Å². The van der Waals surface area contributed by atoms with Crippen molar-refractivity contribution < 1.29 is 4.74 Å². The van der Waals surface area contributed by atoms with E-state index in [-0.39, 0.29) is 24.0 Å². The van der Waals surface area contributed by atoms with Crippen molar-refractivity contribution in [3.05, 3.63) is 54.1 Å². The van der Waals surface area contributed by atoms with Crippen molar-refractivity contribution >= 4 is 46.4 Å². The normalized spacial score (nSPS) is 14.7. The number of para-hydroxylation sites is 1. The minimum atomic E-state index is 0. The summed E-state index contributed by atoms with van der Waals surface area (Å²) in [4.78, 5) is 13.3. The maximum absolute atomic E-state index is 6.20. The summed E-state index contributed by atoms with van der Waals surface area (Å²) >= 11 is 1.67. The first kappa shape index (κ1) is 20.5. The van der Waals surface area contributed by atoms with Crippen molar-refractivity contribution in [2.24, 2.45) is 10.7 Å². The zero-order chi connectivity index (χ0) is 17.5. The highest BCUT2D eigenvalue weighted by Crippen LogP contribution is 2.20. The molecule has 1 aliphatic rings. The van der Waals surface area contributed by atoms with E-state index in [0.717, 1.165) is 42.6 Å². The molecular formula is C18H24IN5OS. The summed E-state index contributed by atoms with van der Waals surface area (Å²) in [6.45, 7) is 8.18. The Morgan fingerprint density at radius 1 is 1.31 bits per heavy atom. The van der Waals surface area contributed by atoms with Crippen molar-refractivity contribution in [3.63, 3.8) is 0 Å². The molecule has 2 aromatic rings. The molecule has 1 fully saturated rings. The number of guanidine groups is 1. The van der Waals surface area contributed by atoms with Gasteiger partial charge in [0.25, 0.3) is 0 Å². The number of thiazole rings is 1. The summed E-state index contributed by atoms with van der Waals surface area (Å²) in [5, 5.41) is 3.08. The highest BCUT2D eigenvalue weighted by Gasteiger charge is 2.19. The Labute approximate surface area is 175 Å². The number of nitrogens with zero attached hydrogens (tertiary/aromatic N) is 4. The van der Waals surface area contributed by atoms with Crippen molar-refractivity contribution in [1.82, 2.24) is 9.88 Å². The van der Waals surface area contributed by atoms with Crippen LogP contribution in [0.3, 0.4) is 0 Å². The van der Waals surface area contributed by atoms with Crippen LogP contribution in [0.1, 0.15) is 5.56 Å². The summed E-state index contributed by atoms with van der Waals surface area (Å²) in [5.41, 5.74) is 7.22. The summed E-state index contributed by atoms with van der Waals surface area (Å²) in [7, 11) is 0. The Bertz CT molecular complexity index is 714. The van der Waals surface area contributed by atoms with Crippen LogP contribution in [-0.4, -0.2) is 48.6 Å². The molecule has 2 heterocycles. The standard InChI is InChI=1S/C18H23N5OS.HI/c1-2-12-24-16-6-4-3-5-15(16)14-21-17(19)22-8-10-23(11-9-22)18-20-7-13-25-18;/h2-7,13H,1,8-12,14H2,(H2,19,21);1H. The van der Waals surface area contributed by atoms with Gasteiger partial charge in [0.2, 0.25) is 0 Å². The number of piperazine rings is 1. The fraction of sp³-hybridized carbons (Fsp3) is 0.333. The fourth-order valence-corrected chi connectivity index (χ4v) is 3.39. The predicted molar refractivity (Wildman–Crippen MR) is 119 cm³/mol. The summed E-state index contributed by atoms with van der Waals surface area (Å²) in [6.07, 6.45) is 3.57. The van der Waals surface area contributed by atoms with Crippen LogP contribution in [-0.2, 0) is 6.54 Å². The molecule has 0 aliphatic carbocycles. The molecular weight excluding hydrogens is 461 g/mol. The number of ether oxygens (including phenoxy) is 1. The average molecular weight is 485 g/mol. The highest BCUT2D eigenvalue weighted by atomic mass is 127. The first-order valence-electron chi connectivity index (χ1n) is 8.29. The quantitative estimate of drug-likeness (QED) is 0.295. The minimum absolute atomic E-state index is 0. The minimum Gasteiger partial charge on any atom is -0.489 e. The highest BCUT2D eigenvalue weighted by molar-refractivity contribution is 14.0. The third-order valence-corrected chi connectivity index (χ3v) is 4.87. The van der Waals surface area contributed by atoms with Gasteiger partial charge in [0.05, 0.1) is 6.54 Å². The lowest BCUT2D eigenvalue weighted by molar-refractivity contribution is 0.358. The fourth-order valence-electron chi connectivity index (χ4n) is 2.69. The third kappa shape index (κ3) is 5.34. The average Bonchev–Trinajstić information content (AvgIpc) is 3.20. The molecule has 140 valence electrons. The second-order valence-corrected chi connectivity index (χ2v) is 6.54. The maximum atomic E-state index is 6.20. The number of halogens is 1. The lowest BCUT2D eigenvalue weighted by Crippen LogP contribution is -2.51. The van der Waals surface area contributed by atoms with Crippen LogP contribution >= 0.6 is 35.3 Å². The molecule has 1 aromatic carbocycles. The number of aromatic nitrogens is 1. The van der Waals surface area contributed by atoms with Gasteiger partial charge in [-0.3, -0.25) is 0 Å². The van der Waals surface area contributed by atoms with E-state index in [4.69, 9.17) is 10.5 Å². The molecule has 0 atom stereocenters. The van der Waals surface area contributed by atoms with E-state index >= 15 is 0 Å². The molecule has 0 saturated carbocycles. The molecule has 1 aromatic heterocycles. The number of nitrogens with two attached hydrogens (primary N) is 1. The Kier molecular flexibility index (Phi) is 8.17. The zero-order valence-corrected chi connectivity index (χ0v) is 17.7. The number of hydrogen-bond acceptors (Lipinski definition) is 5. The number of rotatable bonds is 6. The van der Waals surface area contributed by atoms with Gasteiger partial charge in [0.1, 0.15) is 12.4 Å². The van der Waals surface area contributed by atoms with Crippen LogP contribution in [0.5, 0.6) is 5.75 Å². The van der Waals surface area contributed by atoms with Crippen molar-refractivity contribution in [2.75, 3.05) is 37.7 Å². The number of anilines is 1. The van der Waals surface area contributed by atoms with Gasteiger partial charge in [-0.05, 0) is 6.07 Å². The second kappa shape index (κ2) is 10.4. The van der Waals surface area contributed by atoms with Crippen molar-refractivity contribution in [3.8, 4) is 5.75 Å². The van der Waals surface area contributed by atoms with Gasteiger partial charge in [0, 0.05) is 43.3 Å². The predicted octanol–water partition coefficient (Wildman–Crippen LogP) is 2.96. The van der Waals surface area contributed by atoms with Crippen molar-refractivity contribution in [1.29, 1.82) is 0 Å². The summed E-state index contributed by atoms with van der Waals surface area (Å²) in [5.74, 6) is 1.41. The molecule has 26 heavy (non-hydrogen) atoms. The van der Waals surface area contributed by atoms with Gasteiger partial charge >= 0.3 is 0 Å². The lowest BCUT2D eigenvalue weighted by Gasteiger charge is -2.35. The molecule has 1 aliphatic heterocycles. The van der Waals surface area contributed by atoms with E-state index < -0.39 is 0 Å². The van der Waals surface area contributed by atoms with Gasteiger partial charge < -0.3 is 20.3 Å². The Balaban J connectivity index is 0.00000243. The van der Waals surface area contributed by atoms with E-state index in [1.165, 1.54) is 0 Å². The van der Waals surface area contributed by atoms with E-state index in [1.807, 2.05) is 35.8 Å². The first-order valence-corrected chi connectivity index (χ1v) is 9.17. The molecule has 8 heteroatoms. The van der Waals surface area contributed by atoms with E-state index in [1.54, 1.807) is 17.4 Å². The number of hydrogen-bond donors (Lipinski definition) is 1. The van der Waals surface area contributed by atoms with Crippen LogP contribution in [0.2, 0.25) is 0 Å². The van der Waals surface area contributed by atoms with Gasteiger partial charge in [-0.1, -0.05) is 30.9 Å². The molecule has 2 N–H and O–H groups in total. The molecule has 0 amide bonds. The van der Waals surface area contributed by atoms with Gasteiger partial charge in [-0.25, -0.2) is 9.98 Å². The molecule has 3 rings (SSSR count). The van der Waals surface area contributed by atoms with Gasteiger partial charge in [-0.15, -0.1) is 35.3 Å². The summed E-state index contributed by atoms with van der Waals surface area (Å²) < 4.78 is 5.67. The zero-order valence-electron chi connectivity index (χ0n) is 14.6. The monoisotopic (exact) mass is 485 g/mol. The molecule has 0 radical (unpaired) electrons. The summed E-state index contributed by atoms with van der Waals surface area (Å²) in [6, 6.07) is 7.88. The molecule has 6 nitrogen and oxygen atoms in total. The first-order chi connectivity index (χ1) is 12.3.